The van der Waals surface area contributed by atoms with Crippen molar-refractivity contribution in [3.05, 3.63) is 11.6 Å². The molecule has 0 aliphatic rings. The van der Waals surface area contributed by atoms with E-state index in [1.54, 1.807) is 6.92 Å². The smallest absolute Gasteiger partial charge is 0.207 e. The van der Waals surface area contributed by atoms with Gasteiger partial charge in [-0.1, -0.05) is 27.7 Å². The first-order chi connectivity index (χ1) is 9.82. The molecule has 1 rings (SSSR count). The van der Waals surface area contributed by atoms with Crippen molar-refractivity contribution >= 4 is 0 Å². The van der Waals surface area contributed by atoms with Crippen LogP contribution in [0.1, 0.15) is 46.1 Å². The molecule has 0 fully saturated rings. The Labute approximate surface area is 127 Å². The molecule has 0 amide bonds. The first-order valence-electron chi connectivity index (χ1n) is 7.64. The summed E-state index contributed by atoms with van der Waals surface area (Å²) in [6.45, 7) is 11.1. The van der Waals surface area contributed by atoms with E-state index in [1.807, 2.05) is 0 Å². The zero-order chi connectivity index (χ0) is 16.0. The van der Waals surface area contributed by atoms with Gasteiger partial charge in [0.1, 0.15) is 0 Å². The minimum Gasteiger partial charge on any atom is -0.504 e. The molecule has 0 saturated carbocycles. The van der Waals surface area contributed by atoms with Crippen LogP contribution >= 0.6 is 0 Å². The number of ether oxygens (including phenoxy) is 2. The van der Waals surface area contributed by atoms with Crippen LogP contribution in [0, 0.1) is 18.8 Å². The van der Waals surface area contributed by atoms with Gasteiger partial charge in [0.05, 0.1) is 13.2 Å². The maximum Gasteiger partial charge on any atom is 0.207 e. The van der Waals surface area contributed by atoms with Gasteiger partial charge in [0.2, 0.25) is 11.5 Å². The minimum absolute atomic E-state index is 0.00797. The molecule has 0 bridgehead atoms. The van der Waals surface area contributed by atoms with E-state index >= 15 is 0 Å². The van der Waals surface area contributed by atoms with Crippen LogP contribution in [-0.2, 0) is 0 Å². The molecule has 21 heavy (non-hydrogen) atoms. The average molecular weight is 296 g/mol. The molecule has 0 radical (unpaired) electrons. The molecule has 120 valence electrons. The Hall–Kier alpha value is -1.58. The number of phenols is 2. The predicted octanol–water partition coefficient (Wildman–Crippen LogP) is 4.26. The van der Waals surface area contributed by atoms with Crippen LogP contribution in [0.15, 0.2) is 6.07 Å². The van der Waals surface area contributed by atoms with Gasteiger partial charge in [0, 0.05) is 0 Å². The number of hydrogen-bond acceptors (Lipinski definition) is 4. The van der Waals surface area contributed by atoms with Gasteiger partial charge in [-0.2, -0.15) is 0 Å². The fraction of sp³-hybridized carbons (Fsp3) is 0.647. The van der Waals surface area contributed by atoms with Crippen LogP contribution in [-0.4, -0.2) is 23.4 Å². The van der Waals surface area contributed by atoms with Gasteiger partial charge in [0.25, 0.3) is 0 Å². The molecule has 4 nitrogen and oxygen atoms in total. The molecule has 0 aliphatic heterocycles. The third-order valence-electron chi connectivity index (χ3n) is 3.26. The van der Waals surface area contributed by atoms with Crippen molar-refractivity contribution in [3.8, 4) is 23.0 Å². The Bertz CT molecular complexity index is 453. The van der Waals surface area contributed by atoms with E-state index in [0.717, 1.165) is 12.8 Å². The highest BCUT2D eigenvalue weighted by Gasteiger charge is 2.19. The molecule has 0 saturated heterocycles. The van der Waals surface area contributed by atoms with Crippen molar-refractivity contribution in [1.82, 2.24) is 0 Å². The number of phenolic OH excluding ortho intramolecular Hbond substituents is 2. The van der Waals surface area contributed by atoms with E-state index in [0.29, 0.717) is 30.6 Å². The molecule has 0 atom stereocenters. The van der Waals surface area contributed by atoms with E-state index in [9.17, 15) is 10.2 Å². The summed E-state index contributed by atoms with van der Waals surface area (Å²) in [5.41, 5.74) is 0.572. The maximum absolute atomic E-state index is 10.2. The quantitative estimate of drug-likeness (QED) is 0.704. The van der Waals surface area contributed by atoms with E-state index in [1.165, 1.54) is 6.07 Å². The van der Waals surface area contributed by atoms with Gasteiger partial charge in [-0.3, -0.25) is 0 Å². The number of benzene rings is 1. The Balaban J connectivity index is 2.89. The van der Waals surface area contributed by atoms with Crippen LogP contribution in [0.5, 0.6) is 23.0 Å². The second-order valence-electron chi connectivity index (χ2n) is 6.28. The molecular formula is C17H28O4. The molecule has 0 unspecified atom stereocenters. The average Bonchev–Trinajstić information content (AvgIpc) is 2.37. The van der Waals surface area contributed by atoms with Crippen LogP contribution in [0.3, 0.4) is 0 Å². The zero-order valence-corrected chi connectivity index (χ0v) is 13.8. The topological polar surface area (TPSA) is 58.9 Å². The SMILES string of the molecule is Cc1cc(O)c(OCCC(C)C)c(OCCC(C)C)c1O. The summed E-state index contributed by atoms with van der Waals surface area (Å²) >= 11 is 0. The molecule has 1 aromatic carbocycles. The van der Waals surface area contributed by atoms with Crippen LogP contribution in [0.4, 0.5) is 0 Å². The molecular weight excluding hydrogens is 268 g/mol. The third-order valence-corrected chi connectivity index (χ3v) is 3.26. The van der Waals surface area contributed by atoms with Crippen LogP contribution in [0.25, 0.3) is 0 Å². The van der Waals surface area contributed by atoms with E-state index < -0.39 is 0 Å². The predicted molar refractivity (Wildman–Crippen MR) is 84.4 cm³/mol. The summed E-state index contributed by atoms with van der Waals surface area (Å²) in [4.78, 5) is 0. The zero-order valence-electron chi connectivity index (χ0n) is 13.8. The fourth-order valence-corrected chi connectivity index (χ4v) is 1.81. The number of rotatable bonds is 8. The van der Waals surface area contributed by atoms with Crippen molar-refractivity contribution in [2.45, 2.75) is 47.5 Å². The molecule has 4 heteroatoms. The summed E-state index contributed by atoms with van der Waals surface area (Å²) in [6.07, 6.45) is 1.75. The first-order valence-corrected chi connectivity index (χ1v) is 7.64. The summed E-state index contributed by atoms with van der Waals surface area (Å²) in [6, 6.07) is 1.50. The normalized spacial score (nSPS) is 11.2. The van der Waals surface area contributed by atoms with Crippen molar-refractivity contribution in [2.75, 3.05) is 13.2 Å². The summed E-state index contributed by atoms with van der Waals surface area (Å²) in [7, 11) is 0. The Kier molecular flexibility index (Phi) is 6.66. The number of aryl methyl sites for hydroxylation is 1. The van der Waals surface area contributed by atoms with Crippen molar-refractivity contribution in [3.63, 3.8) is 0 Å². The summed E-state index contributed by atoms with van der Waals surface area (Å²) < 4.78 is 11.3. The Morgan fingerprint density at radius 3 is 1.86 bits per heavy atom. The second kappa shape index (κ2) is 8.01. The standard InChI is InChI=1S/C17H28O4/c1-11(2)6-8-20-16-14(18)10-13(5)15(19)17(16)21-9-7-12(3)4/h10-12,18-19H,6-9H2,1-5H3. The highest BCUT2D eigenvalue weighted by molar-refractivity contribution is 5.61. The van der Waals surface area contributed by atoms with Gasteiger partial charge in [-0.05, 0) is 43.2 Å². The van der Waals surface area contributed by atoms with Gasteiger partial charge < -0.3 is 19.7 Å². The molecule has 0 spiro atoms. The van der Waals surface area contributed by atoms with E-state index in [2.05, 4.69) is 27.7 Å². The second-order valence-corrected chi connectivity index (χ2v) is 6.28. The molecule has 2 N–H and O–H groups in total. The molecule has 0 aliphatic carbocycles. The van der Waals surface area contributed by atoms with Gasteiger partial charge in [0.15, 0.2) is 11.5 Å². The van der Waals surface area contributed by atoms with Gasteiger partial charge in [-0.25, -0.2) is 0 Å². The highest BCUT2D eigenvalue weighted by Crippen LogP contribution is 2.45. The van der Waals surface area contributed by atoms with Crippen molar-refractivity contribution in [1.29, 1.82) is 0 Å². The third kappa shape index (κ3) is 5.37. The Morgan fingerprint density at radius 2 is 1.38 bits per heavy atom. The van der Waals surface area contributed by atoms with Gasteiger partial charge >= 0.3 is 0 Å². The monoisotopic (exact) mass is 296 g/mol. The lowest BCUT2D eigenvalue weighted by molar-refractivity contribution is 0.230. The van der Waals surface area contributed by atoms with E-state index in [4.69, 9.17) is 9.47 Å². The van der Waals surface area contributed by atoms with Crippen LogP contribution in [0.2, 0.25) is 0 Å². The van der Waals surface area contributed by atoms with Crippen molar-refractivity contribution in [2.24, 2.45) is 11.8 Å². The summed E-state index contributed by atoms with van der Waals surface area (Å²) in [5, 5.41) is 20.2. The number of hydrogen-bond donors (Lipinski definition) is 2. The lowest BCUT2D eigenvalue weighted by Crippen LogP contribution is -2.06. The van der Waals surface area contributed by atoms with Gasteiger partial charge in [-0.15, -0.1) is 0 Å². The lowest BCUT2D eigenvalue weighted by Gasteiger charge is -2.17. The largest absolute Gasteiger partial charge is 0.504 e. The molecule has 0 aromatic heterocycles. The first kappa shape index (κ1) is 17.5. The number of aromatic hydroxyl groups is 2. The summed E-state index contributed by atoms with van der Waals surface area (Å²) in [5.74, 6) is 1.55. The maximum atomic E-state index is 10.2. The van der Waals surface area contributed by atoms with Crippen LogP contribution < -0.4 is 9.47 Å². The molecule has 0 heterocycles. The lowest BCUT2D eigenvalue weighted by atomic mass is 10.1. The Morgan fingerprint density at radius 1 is 0.905 bits per heavy atom. The highest BCUT2D eigenvalue weighted by atomic mass is 16.5. The minimum atomic E-state index is 0.00797. The fourth-order valence-electron chi connectivity index (χ4n) is 1.81. The van der Waals surface area contributed by atoms with Crippen molar-refractivity contribution < 1.29 is 19.7 Å². The van der Waals surface area contributed by atoms with E-state index in [-0.39, 0.29) is 23.0 Å². The molecule has 1 aromatic rings.